The van der Waals surface area contributed by atoms with E-state index in [1.54, 1.807) is 13.8 Å². The molecule has 0 radical (unpaired) electrons. The lowest BCUT2D eigenvalue weighted by Crippen LogP contribution is -2.36. The van der Waals surface area contributed by atoms with Crippen LogP contribution in [0.4, 0.5) is 0 Å². The van der Waals surface area contributed by atoms with E-state index in [1.807, 2.05) is 12.1 Å². The molecule has 0 saturated heterocycles. The minimum atomic E-state index is -3.39. The molecule has 2 atom stereocenters. The Morgan fingerprint density at radius 3 is 2.23 bits per heavy atom. The standard InChI is InChI=1S/C21H35N3O4S2/c1-16(2)29(25,26)24-15-17(3)19-9-11-21(12-10-19)20-7-5-18(6-8-20)13-14-23-30(27,28)22-4/h5-8,11,16-17,19,22-24H,9-10,12-15H2,1-4H3. The Labute approximate surface area is 182 Å². The summed E-state index contributed by atoms with van der Waals surface area (Å²) in [7, 11) is -5.22. The highest BCUT2D eigenvalue weighted by Gasteiger charge is 2.23. The molecular weight excluding hydrogens is 422 g/mol. The van der Waals surface area contributed by atoms with Crippen molar-refractivity contribution in [1.29, 1.82) is 0 Å². The average molecular weight is 458 g/mol. The summed E-state index contributed by atoms with van der Waals surface area (Å²) in [5, 5.41) is -0.408. The largest absolute Gasteiger partial charge is 0.276 e. The molecule has 170 valence electrons. The SMILES string of the molecule is CNS(=O)(=O)NCCc1ccc(C2=CCC(C(C)CNS(=O)(=O)C(C)C)CC2)cc1. The maximum Gasteiger partial charge on any atom is 0.276 e. The van der Waals surface area contributed by atoms with E-state index in [4.69, 9.17) is 0 Å². The highest BCUT2D eigenvalue weighted by atomic mass is 32.2. The molecule has 2 unspecified atom stereocenters. The maximum absolute atomic E-state index is 12.0. The average Bonchev–Trinajstić information content (AvgIpc) is 2.72. The Balaban J connectivity index is 1.86. The van der Waals surface area contributed by atoms with Gasteiger partial charge in [-0.3, -0.25) is 0 Å². The van der Waals surface area contributed by atoms with Crippen molar-refractivity contribution in [3.8, 4) is 0 Å². The molecule has 0 bridgehead atoms. The highest BCUT2D eigenvalue weighted by Crippen LogP contribution is 2.34. The molecule has 1 aliphatic rings. The van der Waals surface area contributed by atoms with E-state index >= 15 is 0 Å². The zero-order valence-corrected chi connectivity index (χ0v) is 19.9. The Kier molecular flexibility index (Phi) is 9.05. The van der Waals surface area contributed by atoms with Crippen molar-refractivity contribution >= 4 is 25.8 Å². The minimum Gasteiger partial charge on any atom is -0.215 e. The van der Waals surface area contributed by atoms with Crippen molar-refractivity contribution < 1.29 is 16.8 Å². The lowest BCUT2D eigenvalue weighted by atomic mass is 9.80. The third kappa shape index (κ3) is 7.46. The van der Waals surface area contributed by atoms with Gasteiger partial charge in [0, 0.05) is 20.1 Å². The number of hydrogen-bond acceptors (Lipinski definition) is 4. The van der Waals surface area contributed by atoms with Gasteiger partial charge in [0.15, 0.2) is 0 Å². The second-order valence-electron chi connectivity index (χ2n) is 8.23. The summed E-state index contributed by atoms with van der Waals surface area (Å²) < 4.78 is 54.1. The van der Waals surface area contributed by atoms with Gasteiger partial charge in [0.25, 0.3) is 10.2 Å². The topological polar surface area (TPSA) is 104 Å². The fraction of sp³-hybridized carbons (Fsp3) is 0.619. The highest BCUT2D eigenvalue weighted by molar-refractivity contribution is 7.90. The van der Waals surface area contributed by atoms with Gasteiger partial charge in [0.1, 0.15) is 0 Å². The quantitative estimate of drug-likeness (QED) is 0.475. The predicted octanol–water partition coefficient (Wildman–Crippen LogP) is 2.43. The lowest BCUT2D eigenvalue weighted by Gasteiger charge is -2.28. The van der Waals surface area contributed by atoms with Gasteiger partial charge in [0.2, 0.25) is 10.0 Å². The normalized spacial score (nSPS) is 19.0. The van der Waals surface area contributed by atoms with Crippen LogP contribution >= 0.6 is 0 Å². The fourth-order valence-corrected chi connectivity index (χ4v) is 4.85. The summed E-state index contributed by atoms with van der Waals surface area (Å²) in [5.41, 5.74) is 3.60. The summed E-state index contributed by atoms with van der Waals surface area (Å²) in [4.78, 5) is 0. The second-order valence-corrected chi connectivity index (χ2v) is 12.3. The number of rotatable bonds is 11. The molecule has 30 heavy (non-hydrogen) atoms. The van der Waals surface area contributed by atoms with Crippen molar-refractivity contribution in [2.45, 2.75) is 51.7 Å². The molecule has 7 nitrogen and oxygen atoms in total. The number of benzene rings is 1. The van der Waals surface area contributed by atoms with Gasteiger partial charge in [-0.15, -0.1) is 0 Å². The Hall–Kier alpha value is -1.26. The van der Waals surface area contributed by atoms with E-state index in [1.165, 1.54) is 18.2 Å². The van der Waals surface area contributed by atoms with Crippen molar-refractivity contribution in [3.05, 3.63) is 41.5 Å². The Bertz CT molecular complexity index is 924. The first-order valence-corrected chi connectivity index (χ1v) is 13.5. The molecule has 3 N–H and O–H groups in total. The molecule has 0 spiro atoms. The molecule has 1 aromatic carbocycles. The van der Waals surface area contributed by atoms with Crippen LogP contribution in [0, 0.1) is 11.8 Å². The summed E-state index contributed by atoms with van der Waals surface area (Å²) in [5.74, 6) is 0.767. The number of hydrogen-bond donors (Lipinski definition) is 3. The van der Waals surface area contributed by atoms with Crippen LogP contribution < -0.4 is 14.2 Å². The van der Waals surface area contributed by atoms with Crippen LogP contribution in [0.3, 0.4) is 0 Å². The molecule has 0 fully saturated rings. The zero-order chi connectivity index (χ0) is 22.4. The van der Waals surface area contributed by atoms with E-state index in [-0.39, 0.29) is 0 Å². The van der Waals surface area contributed by atoms with E-state index in [0.717, 1.165) is 24.8 Å². The van der Waals surface area contributed by atoms with Crippen LogP contribution in [0.5, 0.6) is 0 Å². The van der Waals surface area contributed by atoms with Crippen LogP contribution in [-0.2, 0) is 26.7 Å². The summed E-state index contributed by atoms with van der Waals surface area (Å²) in [6.07, 6.45) is 5.88. The van der Waals surface area contributed by atoms with Crippen LogP contribution in [0.2, 0.25) is 0 Å². The molecule has 0 aliphatic heterocycles. The minimum absolute atomic E-state index is 0.292. The fourth-order valence-electron chi connectivity index (χ4n) is 3.50. The van der Waals surface area contributed by atoms with Gasteiger partial charge in [-0.25, -0.2) is 22.6 Å². The molecular formula is C21H35N3O4S2. The van der Waals surface area contributed by atoms with Gasteiger partial charge in [0.05, 0.1) is 5.25 Å². The van der Waals surface area contributed by atoms with Gasteiger partial charge >= 0.3 is 0 Å². The smallest absolute Gasteiger partial charge is 0.215 e. The van der Waals surface area contributed by atoms with Crippen molar-refractivity contribution in [2.24, 2.45) is 11.8 Å². The third-order valence-electron chi connectivity index (χ3n) is 5.78. The van der Waals surface area contributed by atoms with Crippen LogP contribution in [0.15, 0.2) is 30.3 Å². The molecule has 9 heteroatoms. The first-order chi connectivity index (χ1) is 14.0. The van der Waals surface area contributed by atoms with Crippen LogP contribution in [0.1, 0.15) is 51.2 Å². The van der Waals surface area contributed by atoms with Crippen LogP contribution in [0.25, 0.3) is 5.57 Å². The molecule has 0 amide bonds. The van der Waals surface area contributed by atoms with E-state index < -0.39 is 25.5 Å². The molecule has 0 aromatic heterocycles. The maximum atomic E-state index is 12.0. The molecule has 1 aliphatic carbocycles. The van der Waals surface area contributed by atoms with E-state index in [2.05, 4.69) is 39.3 Å². The summed E-state index contributed by atoms with van der Waals surface area (Å²) in [6, 6.07) is 8.26. The second kappa shape index (κ2) is 10.9. The first kappa shape index (κ1) is 25.0. The van der Waals surface area contributed by atoms with Gasteiger partial charge in [-0.05, 0) is 68.1 Å². The predicted molar refractivity (Wildman–Crippen MR) is 123 cm³/mol. The summed E-state index contributed by atoms with van der Waals surface area (Å²) >= 11 is 0. The Morgan fingerprint density at radius 2 is 1.70 bits per heavy atom. The van der Waals surface area contributed by atoms with Crippen molar-refractivity contribution in [2.75, 3.05) is 20.1 Å². The number of nitrogens with one attached hydrogen (secondary N) is 3. The first-order valence-electron chi connectivity index (χ1n) is 10.5. The molecule has 2 rings (SSSR count). The van der Waals surface area contributed by atoms with Gasteiger partial charge in [-0.2, -0.15) is 8.42 Å². The van der Waals surface area contributed by atoms with E-state index in [0.29, 0.717) is 31.3 Å². The van der Waals surface area contributed by atoms with Crippen LogP contribution in [-0.4, -0.2) is 42.2 Å². The van der Waals surface area contributed by atoms with E-state index in [9.17, 15) is 16.8 Å². The third-order valence-corrected chi connectivity index (χ3v) is 8.71. The van der Waals surface area contributed by atoms with Crippen molar-refractivity contribution in [1.82, 2.24) is 14.2 Å². The zero-order valence-electron chi connectivity index (χ0n) is 18.3. The molecule has 1 aromatic rings. The van der Waals surface area contributed by atoms with Gasteiger partial charge in [-0.1, -0.05) is 37.3 Å². The molecule has 0 saturated carbocycles. The Morgan fingerprint density at radius 1 is 1.03 bits per heavy atom. The number of allylic oxidation sites excluding steroid dienone is 2. The molecule has 0 heterocycles. The van der Waals surface area contributed by atoms with Gasteiger partial charge < -0.3 is 0 Å². The monoisotopic (exact) mass is 457 g/mol. The summed E-state index contributed by atoms with van der Waals surface area (Å²) in [6.45, 7) is 6.33. The van der Waals surface area contributed by atoms with Crippen molar-refractivity contribution in [3.63, 3.8) is 0 Å². The lowest BCUT2D eigenvalue weighted by molar-refractivity contribution is 0.334. The number of sulfonamides is 1.